The molecule has 0 bridgehead atoms. The zero-order valence-corrected chi connectivity index (χ0v) is 19.6. The Balaban J connectivity index is 1.49. The molecule has 4 rings (SSSR count). The fourth-order valence-corrected chi connectivity index (χ4v) is 3.89. The van der Waals surface area contributed by atoms with Gasteiger partial charge in [-0.3, -0.25) is 9.59 Å². The summed E-state index contributed by atoms with van der Waals surface area (Å²) in [4.78, 5) is 28.6. The highest BCUT2D eigenvalue weighted by Gasteiger charge is 2.56. The lowest BCUT2D eigenvalue weighted by Crippen LogP contribution is -2.19. The molecule has 0 saturated heterocycles. The highest BCUT2D eigenvalue weighted by molar-refractivity contribution is 6.52. The summed E-state index contributed by atoms with van der Waals surface area (Å²) < 4.78 is 28.0. The number of benzene rings is 2. The number of hydrogen-bond donors (Lipinski definition) is 3. The average Bonchev–Trinajstić information content (AvgIpc) is 3.46. The molecule has 6 nitrogen and oxygen atoms in total. The number of nitrogens with one attached hydrogen (secondary N) is 3. The molecule has 1 heterocycles. The van der Waals surface area contributed by atoms with Gasteiger partial charge in [0.25, 0.3) is 5.91 Å². The minimum atomic E-state index is -1.10. The maximum atomic E-state index is 14.9. The van der Waals surface area contributed by atoms with Gasteiger partial charge in [-0.15, -0.1) is 23.2 Å². The van der Waals surface area contributed by atoms with E-state index in [0.29, 0.717) is 6.42 Å². The lowest BCUT2D eigenvalue weighted by Gasteiger charge is -2.13. The molecule has 0 unspecified atom stereocenters. The predicted octanol–water partition coefficient (Wildman–Crippen LogP) is 6.01. The molecule has 34 heavy (non-hydrogen) atoms. The molecule has 0 spiro atoms. The molecule has 1 saturated carbocycles. The summed E-state index contributed by atoms with van der Waals surface area (Å²) in [6.45, 7) is 0.159. The number of hydrogen-bond acceptors (Lipinski definition) is 4. The van der Waals surface area contributed by atoms with E-state index in [4.69, 9.17) is 34.8 Å². The number of nitrogens with zero attached hydrogens (tertiary/aromatic N) is 1. The molecule has 176 valence electrons. The summed E-state index contributed by atoms with van der Waals surface area (Å²) in [5.41, 5.74) is 0.591. The van der Waals surface area contributed by atoms with E-state index in [9.17, 15) is 18.4 Å². The van der Waals surface area contributed by atoms with Gasteiger partial charge in [-0.1, -0.05) is 41.9 Å². The van der Waals surface area contributed by atoms with Crippen LogP contribution in [0.25, 0.3) is 0 Å². The van der Waals surface area contributed by atoms with E-state index in [1.165, 1.54) is 18.2 Å². The monoisotopic (exact) mass is 524 g/mol. The van der Waals surface area contributed by atoms with Crippen molar-refractivity contribution in [2.75, 3.05) is 16.0 Å². The maximum absolute atomic E-state index is 14.9. The topological polar surface area (TPSA) is 83.1 Å². The fourth-order valence-electron chi connectivity index (χ4n) is 3.18. The first kappa shape index (κ1) is 24.2. The maximum Gasteiger partial charge on any atom is 0.258 e. The number of halogens is 5. The molecule has 1 aliphatic rings. The Kier molecular flexibility index (Phi) is 6.93. The SMILES string of the molecule is O=C(Nc1ncc(F)c(NCc2ccccc2)c1F)c1cc(NC(=O)[C@H]2CC2(Cl)Cl)ccc1Cl. The second kappa shape index (κ2) is 9.74. The third kappa shape index (κ3) is 5.41. The average molecular weight is 526 g/mol. The third-order valence-corrected chi connectivity index (χ3v) is 6.30. The van der Waals surface area contributed by atoms with E-state index in [2.05, 4.69) is 20.9 Å². The highest BCUT2D eigenvalue weighted by atomic mass is 35.5. The molecule has 3 aromatic rings. The van der Waals surface area contributed by atoms with Crippen molar-refractivity contribution in [1.29, 1.82) is 0 Å². The van der Waals surface area contributed by atoms with Gasteiger partial charge in [0.15, 0.2) is 17.5 Å². The quantitative estimate of drug-likeness (QED) is 0.330. The number of pyridine rings is 1. The minimum Gasteiger partial charge on any atom is -0.376 e. The molecule has 1 fully saturated rings. The van der Waals surface area contributed by atoms with Crippen LogP contribution in [0.2, 0.25) is 5.02 Å². The molecule has 2 aromatic carbocycles. The second-order valence-corrected chi connectivity index (χ2v) is 9.59. The fraction of sp³-hybridized carbons (Fsp3) is 0.174. The number of rotatable bonds is 7. The van der Waals surface area contributed by atoms with Crippen LogP contribution in [0.15, 0.2) is 54.7 Å². The number of aromatic nitrogens is 1. The molecular formula is C23H17Cl3F2N4O2. The van der Waals surface area contributed by atoms with Crippen LogP contribution in [0.4, 0.5) is 26.0 Å². The van der Waals surface area contributed by atoms with Gasteiger partial charge >= 0.3 is 0 Å². The van der Waals surface area contributed by atoms with Crippen molar-refractivity contribution in [3.8, 4) is 0 Å². The van der Waals surface area contributed by atoms with E-state index in [1.807, 2.05) is 6.07 Å². The number of carbonyl (C=O) groups is 2. The molecule has 1 aromatic heterocycles. The van der Waals surface area contributed by atoms with Crippen molar-refractivity contribution >= 4 is 63.8 Å². The molecular weight excluding hydrogens is 509 g/mol. The summed E-state index contributed by atoms with van der Waals surface area (Å²) in [6.07, 6.45) is 1.11. The Labute approximate surface area is 208 Å². The first-order chi connectivity index (χ1) is 16.2. The highest BCUT2D eigenvalue weighted by Crippen LogP contribution is 2.53. The summed E-state index contributed by atoms with van der Waals surface area (Å²) in [7, 11) is 0. The number of alkyl halides is 2. The van der Waals surface area contributed by atoms with Crippen LogP contribution in [0.1, 0.15) is 22.3 Å². The second-order valence-electron chi connectivity index (χ2n) is 7.64. The van der Waals surface area contributed by atoms with Gasteiger partial charge in [0.05, 0.1) is 22.7 Å². The first-order valence-electron chi connectivity index (χ1n) is 10.1. The van der Waals surface area contributed by atoms with Gasteiger partial charge in [-0.05, 0) is 30.2 Å². The van der Waals surface area contributed by atoms with Crippen molar-refractivity contribution in [2.24, 2.45) is 5.92 Å². The lowest BCUT2D eigenvalue weighted by molar-refractivity contribution is -0.117. The van der Waals surface area contributed by atoms with E-state index < -0.39 is 45.2 Å². The van der Waals surface area contributed by atoms with Crippen molar-refractivity contribution in [3.05, 3.63) is 82.5 Å². The molecule has 0 radical (unpaired) electrons. The molecule has 1 aliphatic carbocycles. The van der Waals surface area contributed by atoms with Crippen LogP contribution in [-0.2, 0) is 11.3 Å². The zero-order valence-electron chi connectivity index (χ0n) is 17.3. The molecule has 3 N–H and O–H groups in total. The van der Waals surface area contributed by atoms with Gasteiger partial charge < -0.3 is 16.0 Å². The van der Waals surface area contributed by atoms with Gasteiger partial charge in [-0.25, -0.2) is 13.8 Å². The summed E-state index contributed by atoms with van der Waals surface area (Å²) >= 11 is 17.9. The van der Waals surface area contributed by atoms with Gasteiger partial charge in [-0.2, -0.15) is 0 Å². The predicted molar refractivity (Wildman–Crippen MR) is 129 cm³/mol. The molecule has 2 amide bonds. The van der Waals surface area contributed by atoms with Gasteiger partial charge in [0.2, 0.25) is 5.91 Å². The van der Waals surface area contributed by atoms with Crippen molar-refractivity contribution in [1.82, 2.24) is 4.98 Å². The van der Waals surface area contributed by atoms with Gasteiger partial charge in [0.1, 0.15) is 10.0 Å². The smallest absolute Gasteiger partial charge is 0.258 e. The first-order valence-corrected chi connectivity index (χ1v) is 11.2. The van der Waals surface area contributed by atoms with E-state index >= 15 is 0 Å². The van der Waals surface area contributed by atoms with Crippen LogP contribution in [0.3, 0.4) is 0 Å². The van der Waals surface area contributed by atoms with Crippen LogP contribution < -0.4 is 16.0 Å². The molecule has 1 atom stereocenters. The van der Waals surface area contributed by atoms with E-state index in [-0.39, 0.29) is 22.8 Å². The number of carbonyl (C=O) groups excluding carboxylic acids is 2. The number of anilines is 3. The van der Waals surface area contributed by atoms with Crippen LogP contribution in [0.5, 0.6) is 0 Å². The van der Waals surface area contributed by atoms with Crippen molar-refractivity contribution in [2.45, 2.75) is 17.3 Å². The largest absolute Gasteiger partial charge is 0.376 e. The Bertz CT molecular complexity index is 1260. The Morgan fingerprint density at radius 2 is 1.79 bits per heavy atom. The molecule has 11 heteroatoms. The van der Waals surface area contributed by atoms with E-state index in [1.54, 1.807) is 24.3 Å². The van der Waals surface area contributed by atoms with Gasteiger partial charge in [0, 0.05) is 12.2 Å². The third-order valence-electron chi connectivity index (χ3n) is 5.14. The normalized spacial score (nSPS) is 16.0. The Morgan fingerprint density at radius 3 is 2.47 bits per heavy atom. The van der Waals surface area contributed by atoms with Crippen molar-refractivity contribution in [3.63, 3.8) is 0 Å². The van der Waals surface area contributed by atoms with E-state index in [0.717, 1.165) is 11.8 Å². The lowest BCUT2D eigenvalue weighted by atomic mass is 10.1. The zero-order chi connectivity index (χ0) is 24.5. The Morgan fingerprint density at radius 1 is 1.09 bits per heavy atom. The van der Waals surface area contributed by atoms with Crippen LogP contribution >= 0.6 is 34.8 Å². The van der Waals surface area contributed by atoms with Crippen LogP contribution in [-0.4, -0.2) is 21.1 Å². The summed E-state index contributed by atoms with van der Waals surface area (Å²) in [5, 5.41) is 7.63. The van der Waals surface area contributed by atoms with Crippen LogP contribution in [0, 0.1) is 17.6 Å². The molecule has 0 aliphatic heterocycles. The summed E-state index contributed by atoms with van der Waals surface area (Å²) in [6, 6.07) is 13.2. The Hall–Kier alpha value is -2.94. The van der Waals surface area contributed by atoms with Crippen molar-refractivity contribution < 1.29 is 18.4 Å². The number of amides is 2. The minimum absolute atomic E-state index is 0.0518. The summed E-state index contributed by atoms with van der Waals surface area (Å²) in [5.74, 6) is -4.24. The standard InChI is InChI=1S/C23H17Cl3F2N4O2/c24-16-7-6-13(31-22(34)15-9-23(15,25)26)8-14(16)21(33)32-20-18(28)19(17(27)11-30-20)29-10-12-4-2-1-3-5-12/h1-8,11,15H,9-10H2,(H,31,34)(H2,29,30,32,33)/t15-/m1/s1.